The number of likely N-dealkylation sites (tertiary alicyclic amines) is 1. The van der Waals surface area contributed by atoms with Crippen molar-refractivity contribution in [1.82, 2.24) is 20.2 Å². The van der Waals surface area contributed by atoms with Crippen molar-refractivity contribution in [3.63, 3.8) is 0 Å². The average molecular weight is 512 g/mol. The molecule has 2 aromatic rings. The second kappa shape index (κ2) is 10.5. The fraction of sp³-hybridized carbons (Fsp3) is 0.542. The third-order valence-corrected chi connectivity index (χ3v) is 6.91. The van der Waals surface area contributed by atoms with Crippen LogP contribution in [-0.4, -0.2) is 63.3 Å². The molecule has 0 bridgehead atoms. The molecule has 0 unspecified atom stereocenters. The maximum absolute atomic E-state index is 13.6. The second-order valence-electron chi connectivity index (χ2n) is 9.40. The van der Waals surface area contributed by atoms with E-state index in [4.69, 9.17) is 0 Å². The van der Waals surface area contributed by atoms with E-state index in [2.05, 4.69) is 27.2 Å². The molecule has 11 heteroatoms. The van der Waals surface area contributed by atoms with E-state index >= 15 is 0 Å². The van der Waals surface area contributed by atoms with Gasteiger partial charge in [-0.2, -0.15) is 13.2 Å². The van der Waals surface area contributed by atoms with Gasteiger partial charge >= 0.3 is 6.18 Å². The van der Waals surface area contributed by atoms with Gasteiger partial charge in [-0.15, -0.1) is 11.3 Å². The molecule has 192 valence electrons. The topological polar surface area (TPSA) is 90.4 Å². The maximum Gasteiger partial charge on any atom is 0.405 e. The monoisotopic (exact) mass is 511 g/mol. The van der Waals surface area contributed by atoms with Gasteiger partial charge < -0.3 is 20.6 Å². The van der Waals surface area contributed by atoms with Gasteiger partial charge in [0, 0.05) is 30.9 Å². The molecular weight excluding hydrogens is 479 g/mol. The predicted octanol–water partition coefficient (Wildman–Crippen LogP) is 4.83. The number of carbonyl (C=O) groups is 1. The SMILES string of the molecule is C=C(NCC(C)(C)O)c1nc(C(=O)N2CCC[C@@H]2CC)c(-c2cnc(NCC(F)(F)F)cc2C)s1. The lowest BCUT2D eigenvalue weighted by molar-refractivity contribution is -0.115. The lowest BCUT2D eigenvalue weighted by Gasteiger charge is -2.23. The van der Waals surface area contributed by atoms with E-state index in [0.29, 0.717) is 33.3 Å². The van der Waals surface area contributed by atoms with Gasteiger partial charge in [0.25, 0.3) is 5.91 Å². The molecule has 1 aliphatic heterocycles. The highest BCUT2D eigenvalue weighted by molar-refractivity contribution is 7.16. The van der Waals surface area contributed by atoms with Crippen LogP contribution in [-0.2, 0) is 0 Å². The van der Waals surface area contributed by atoms with Gasteiger partial charge in [0.1, 0.15) is 23.1 Å². The first-order valence-corrected chi connectivity index (χ1v) is 12.4. The molecule has 1 atom stereocenters. The molecule has 1 saturated heterocycles. The normalized spacial score (nSPS) is 16.5. The van der Waals surface area contributed by atoms with E-state index < -0.39 is 18.3 Å². The summed E-state index contributed by atoms with van der Waals surface area (Å²) in [7, 11) is 0. The quantitative estimate of drug-likeness (QED) is 0.447. The Labute approximate surface area is 207 Å². The van der Waals surface area contributed by atoms with Crippen LogP contribution in [0.4, 0.5) is 19.0 Å². The number of aromatic nitrogens is 2. The van der Waals surface area contributed by atoms with Crippen LogP contribution < -0.4 is 10.6 Å². The molecule has 1 aliphatic rings. The number of nitrogens with one attached hydrogen (secondary N) is 2. The molecule has 0 saturated carbocycles. The van der Waals surface area contributed by atoms with Gasteiger partial charge in [-0.25, -0.2) is 9.97 Å². The van der Waals surface area contributed by atoms with E-state index in [1.807, 2.05) is 11.8 Å². The number of hydrogen-bond donors (Lipinski definition) is 3. The van der Waals surface area contributed by atoms with Crippen LogP contribution in [0.3, 0.4) is 0 Å². The molecule has 3 rings (SSSR count). The molecule has 3 heterocycles. The first-order valence-electron chi connectivity index (χ1n) is 11.5. The zero-order valence-electron chi connectivity index (χ0n) is 20.4. The summed E-state index contributed by atoms with van der Waals surface area (Å²) in [6, 6.07) is 1.67. The second-order valence-corrected chi connectivity index (χ2v) is 10.4. The standard InChI is InChI=1S/C24H32F3N5O2S/c1-6-16-8-7-9-32(16)22(33)19-20(35-21(31-19)15(3)29-12-23(4,5)34)17-11-28-18(10-14(17)2)30-13-24(25,26)27/h10-11,16,29,34H,3,6-9,12-13H2,1-2,4-5H3,(H,28,30)/t16-/m0/s1. The molecular formula is C24H32F3N5O2S. The number of halogens is 3. The molecule has 0 spiro atoms. The summed E-state index contributed by atoms with van der Waals surface area (Å²) in [5.41, 5.74) is 1.07. The highest BCUT2D eigenvalue weighted by Crippen LogP contribution is 2.37. The van der Waals surface area contributed by atoms with E-state index in [1.165, 1.54) is 23.6 Å². The van der Waals surface area contributed by atoms with Crippen LogP contribution in [0.15, 0.2) is 18.8 Å². The summed E-state index contributed by atoms with van der Waals surface area (Å²) in [4.78, 5) is 24.8. The minimum absolute atomic E-state index is 0.100. The Hall–Kier alpha value is -2.66. The number of nitrogens with zero attached hydrogens (tertiary/aromatic N) is 3. The maximum atomic E-state index is 13.6. The number of hydrogen-bond acceptors (Lipinski definition) is 7. The molecule has 0 aromatic carbocycles. The van der Waals surface area contributed by atoms with Crippen molar-refractivity contribution in [2.45, 2.75) is 64.8 Å². The smallest absolute Gasteiger partial charge is 0.389 e. The summed E-state index contributed by atoms with van der Waals surface area (Å²) in [5, 5.41) is 15.9. The number of anilines is 1. The first kappa shape index (κ1) is 26.9. The average Bonchev–Trinajstić information content (AvgIpc) is 3.42. The van der Waals surface area contributed by atoms with Crippen LogP contribution in [0.5, 0.6) is 0 Å². The third kappa shape index (κ3) is 6.94. The fourth-order valence-corrected chi connectivity index (χ4v) is 5.00. The first-order chi connectivity index (χ1) is 16.3. The lowest BCUT2D eigenvalue weighted by Crippen LogP contribution is -2.35. The number of pyridine rings is 1. The Morgan fingerprint density at radius 1 is 1.34 bits per heavy atom. The molecule has 1 fully saturated rings. The Bertz CT molecular complexity index is 1080. The fourth-order valence-electron chi connectivity index (χ4n) is 3.92. The van der Waals surface area contributed by atoms with Gasteiger partial charge in [0.2, 0.25) is 0 Å². The Balaban J connectivity index is 1.98. The Morgan fingerprint density at radius 2 is 2.06 bits per heavy atom. The largest absolute Gasteiger partial charge is 0.405 e. The minimum Gasteiger partial charge on any atom is -0.389 e. The number of aryl methyl sites for hydroxylation is 1. The number of alkyl halides is 3. The Kier molecular flexibility index (Phi) is 8.10. The molecule has 1 amide bonds. The summed E-state index contributed by atoms with van der Waals surface area (Å²) in [5.74, 6) is -0.0798. The highest BCUT2D eigenvalue weighted by Gasteiger charge is 2.33. The highest BCUT2D eigenvalue weighted by atomic mass is 32.1. The van der Waals surface area contributed by atoms with Crippen LogP contribution in [0, 0.1) is 6.92 Å². The molecule has 0 aliphatic carbocycles. The van der Waals surface area contributed by atoms with Gasteiger partial charge in [-0.05, 0) is 51.7 Å². The van der Waals surface area contributed by atoms with Gasteiger partial charge in [0.05, 0.1) is 16.2 Å². The number of thiazole rings is 1. The molecule has 2 aromatic heterocycles. The summed E-state index contributed by atoms with van der Waals surface area (Å²) in [6.45, 7) is 10.9. The van der Waals surface area contributed by atoms with E-state index in [9.17, 15) is 23.1 Å². The molecule has 3 N–H and O–H groups in total. The van der Waals surface area contributed by atoms with Crippen LogP contribution in [0.25, 0.3) is 16.1 Å². The summed E-state index contributed by atoms with van der Waals surface area (Å²) < 4.78 is 37.7. The van der Waals surface area contributed by atoms with Crippen molar-refractivity contribution in [2.75, 3.05) is 25.0 Å². The van der Waals surface area contributed by atoms with Crippen molar-refractivity contribution in [2.24, 2.45) is 0 Å². The zero-order valence-corrected chi connectivity index (χ0v) is 21.2. The third-order valence-electron chi connectivity index (χ3n) is 5.76. The van der Waals surface area contributed by atoms with E-state index in [0.717, 1.165) is 19.3 Å². The van der Waals surface area contributed by atoms with Gasteiger partial charge in [-0.1, -0.05) is 13.5 Å². The van der Waals surface area contributed by atoms with E-state index in [-0.39, 0.29) is 30.0 Å². The number of rotatable bonds is 9. The van der Waals surface area contributed by atoms with Crippen molar-refractivity contribution in [3.05, 3.63) is 35.1 Å². The van der Waals surface area contributed by atoms with Crippen LogP contribution in [0.2, 0.25) is 0 Å². The zero-order chi connectivity index (χ0) is 26.0. The van der Waals surface area contributed by atoms with Gasteiger partial charge in [0.15, 0.2) is 0 Å². The van der Waals surface area contributed by atoms with Crippen LogP contribution >= 0.6 is 11.3 Å². The van der Waals surface area contributed by atoms with Crippen molar-refractivity contribution in [3.8, 4) is 10.4 Å². The lowest BCUT2D eigenvalue weighted by atomic mass is 10.1. The Morgan fingerprint density at radius 3 is 2.66 bits per heavy atom. The van der Waals surface area contributed by atoms with Gasteiger partial charge in [-0.3, -0.25) is 4.79 Å². The molecule has 35 heavy (non-hydrogen) atoms. The molecule has 7 nitrogen and oxygen atoms in total. The van der Waals surface area contributed by atoms with Crippen molar-refractivity contribution in [1.29, 1.82) is 0 Å². The predicted molar refractivity (Wildman–Crippen MR) is 132 cm³/mol. The number of amides is 1. The molecule has 0 radical (unpaired) electrons. The summed E-state index contributed by atoms with van der Waals surface area (Å²) >= 11 is 1.26. The van der Waals surface area contributed by atoms with E-state index in [1.54, 1.807) is 20.8 Å². The van der Waals surface area contributed by atoms with Crippen molar-refractivity contribution >= 4 is 28.8 Å². The van der Waals surface area contributed by atoms with Crippen molar-refractivity contribution < 1.29 is 23.1 Å². The number of carbonyl (C=O) groups excluding carboxylic acids is 1. The van der Waals surface area contributed by atoms with Crippen LogP contribution in [0.1, 0.15) is 61.1 Å². The number of aliphatic hydroxyl groups is 1. The minimum atomic E-state index is -4.36. The summed E-state index contributed by atoms with van der Waals surface area (Å²) in [6.07, 6.45) is -0.178.